The summed E-state index contributed by atoms with van der Waals surface area (Å²) in [5, 5.41) is 6.02. The van der Waals surface area contributed by atoms with Gasteiger partial charge in [0.1, 0.15) is 0 Å². The van der Waals surface area contributed by atoms with Crippen molar-refractivity contribution in [1.29, 1.82) is 0 Å². The van der Waals surface area contributed by atoms with Gasteiger partial charge in [-0.3, -0.25) is 9.59 Å². The van der Waals surface area contributed by atoms with Gasteiger partial charge in [-0.2, -0.15) is 0 Å². The Morgan fingerprint density at radius 2 is 2.00 bits per heavy atom. The number of benzene rings is 1. The first-order chi connectivity index (χ1) is 11.9. The molecule has 0 aliphatic carbocycles. The van der Waals surface area contributed by atoms with E-state index in [4.69, 9.17) is 5.73 Å². The molecule has 138 valence electrons. The molecule has 1 fully saturated rings. The topological polar surface area (TPSA) is 87.5 Å². The van der Waals surface area contributed by atoms with Crippen LogP contribution in [0, 0.1) is 5.92 Å². The molecule has 2 atom stereocenters. The summed E-state index contributed by atoms with van der Waals surface area (Å²) in [5.41, 5.74) is 8.22. The second kappa shape index (κ2) is 8.97. The molecule has 0 spiro atoms. The molecular formula is C19H30N4O2. The van der Waals surface area contributed by atoms with Crippen LogP contribution in [0.15, 0.2) is 24.3 Å². The van der Waals surface area contributed by atoms with E-state index in [1.165, 1.54) is 5.56 Å². The fraction of sp³-hybridized carbons (Fsp3) is 0.579. The second-order valence-electron chi connectivity index (χ2n) is 6.89. The number of nitrogens with one attached hydrogen (secondary N) is 2. The Kier molecular flexibility index (Phi) is 6.96. The zero-order valence-corrected chi connectivity index (χ0v) is 15.4. The zero-order valence-electron chi connectivity index (χ0n) is 15.4. The zero-order chi connectivity index (χ0) is 18.4. The number of piperazine rings is 1. The Hall–Kier alpha value is -1.92. The number of nitrogens with two attached hydrogens (primary N) is 1. The third kappa shape index (κ3) is 5.03. The lowest BCUT2D eigenvalue weighted by atomic mass is 10.0. The Bertz CT molecular complexity index is 586. The number of hydrogen-bond acceptors (Lipinski definition) is 4. The lowest BCUT2D eigenvalue weighted by molar-refractivity contribution is -0.136. The molecule has 1 saturated heterocycles. The number of aryl methyl sites for hydroxylation is 1. The van der Waals surface area contributed by atoms with Crippen LogP contribution in [-0.2, 0) is 16.0 Å². The van der Waals surface area contributed by atoms with Crippen LogP contribution >= 0.6 is 0 Å². The standard InChI is InChI=1S/C19H30N4O2/c1-4-14-5-7-15(8-6-14)16-11-21-9-10-23(16)17(24)12-22-19(25)18(20)13(2)3/h5-8,13,16,18,21H,4,9-12,20H2,1-3H3,(H,22,25)/t16?,18-/m0/s1. The molecule has 0 saturated carbocycles. The SMILES string of the molecule is CCc1ccc(C2CNCCN2C(=O)CNC(=O)[C@@H](N)C(C)C)cc1. The van der Waals surface area contributed by atoms with Gasteiger partial charge in [-0.15, -0.1) is 0 Å². The normalized spacial score (nSPS) is 18.9. The summed E-state index contributed by atoms with van der Waals surface area (Å²) in [5.74, 6) is -0.308. The summed E-state index contributed by atoms with van der Waals surface area (Å²) in [4.78, 5) is 26.5. The van der Waals surface area contributed by atoms with E-state index in [-0.39, 0.29) is 30.3 Å². The molecule has 0 bridgehead atoms. The lowest BCUT2D eigenvalue weighted by Crippen LogP contribution is -2.53. The molecule has 1 aliphatic heterocycles. The van der Waals surface area contributed by atoms with Crippen molar-refractivity contribution in [3.05, 3.63) is 35.4 Å². The van der Waals surface area contributed by atoms with Gasteiger partial charge in [-0.25, -0.2) is 0 Å². The van der Waals surface area contributed by atoms with Crippen LogP contribution in [0.25, 0.3) is 0 Å². The number of nitrogens with zero attached hydrogens (tertiary/aromatic N) is 1. The van der Waals surface area contributed by atoms with Gasteiger partial charge >= 0.3 is 0 Å². The first-order valence-corrected chi connectivity index (χ1v) is 9.06. The molecule has 1 heterocycles. The summed E-state index contributed by atoms with van der Waals surface area (Å²) in [6.45, 7) is 7.99. The second-order valence-corrected chi connectivity index (χ2v) is 6.89. The van der Waals surface area contributed by atoms with Gasteiger partial charge in [-0.05, 0) is 23.5 Å². The van der Waals surface area contributed by atoms with Crippen molar-refractivity contribution >= 4 is 11.8 Å². The molecular weight excluding hydrogens is 316 g/mol. The summed E-state index contributed by atoms with van der Waals surface area (Å²) in [6, 6.07) is 7.79. The van der Waals surface area contributed by atoms with Crippen LogP contribution in [0.1, 0.15) is 37.9 Å². The average Bonchev–Trinajstić information content (AvgIpc) is 2.65. The van der Waals surface area contributed by atoms with Crippen LogP contribution < -0.4 is 16.4 Å². The molecule has 25 heavy (non-hydrogen) atoms. The molecule has 1 aromatic carbocycles. The Morgan fingerprint density at radius 1 is 1.32 bits per heavy atom. The highest BCUT2D eigenvalue weighted by molar-refractivity contribution is 5.87. The molecule has 0 radical (unpaired) electrons. The third-order valence-electron chi connectivity index (χ3n) is 4.77. The van der Waals surface area contributed by atoms with Crippen molar-refractivity contribution in [1.82, 2.24) is 15.5 Å². The van der Waals surface area contributed by atoms with Crippen LogP contribution in [0.5, 0.6) is 0 Å². The maximum absolute atomic E-state index is 12.6. The van der Waals surface area contributed by atoms with Crippen molar-refractivity contribution in [3.8, 4) is 0 Å². The first-order valence-electron chi connectivity index (χ1n) is 9.06. The number of rotatable bonds is 6. The molecule has 4 N–H and O–H groups in total. The smallest absolute Gasteiger partial charge is 0.242 e. The lowest BCUT2D eigenvalue weighted by Gasteiger charge is -2.36. The van der Waals surface area contributed by atoms with Crippen LogP contribution in [-0.4, -0.2) is 48.9 Å². The summed E-state index contributed by atoms with van der Waals surface area (Å²) in [7, 11) is 0. The van der Waals surface area contributed by atoms with Crippen molar-refractivity contribution in [2.24, 2.45) is 11.7 Å². The van der Waals surface area contributed by atoms with Gasteiger partial charge in [-0.1, -0.05) is 45.0 Å². The van der Waals surface area contributed by atoms with E-state index in [1.807, 2.05) is 18.7 Å². The predicted octanol–water partition coefficient (Wildman–Crippen LogP) is 0.821. The maximum atomic E-state index is 12.6. The highest BCUT2D eigenvalue weighted by Gasteiger charge is 2.28. The largest absolute Gasteiger partial charge is 0.346 e. The Balaban J connectivity index is 2.01. The van der Waals surface area contributed by atoms with Gasteiger partial charge < -0.3 is 21.3 Å². The molecule has 2 rings (SSSR count). The summed E-state index contributed by atoms with van der Waals surface area (Å²) in [6.07, 6.45) is 0.994. The number of hydrogen-bond donors (Lipinski definition) is 3. The predicted molar refractivity (Wildman–Crippen MR) is 99.0 cm³/mol. The molecule has 1 unspecified atom stereocenters. The van der Waals surface area contributed by atoms with Crippen molar-refractivity contribution < 1.29 is 9.59 Å². The maximum Gasteiger partial charge on any atom is 0.242 e. The fourth-order valence-electron chi connectivity index (χ4n) is 2.96. The minimum absolute atomic E-state index is 0.0111. The average molecular weight is 346 g/mol. The Morgan fingerprint density at radius 3 is 2.60 bits per heavy atom. The van der Waals surface area contributed by atoms with E-state index < -0.39 is 6.04 Å². The van der Waals surface area contributed by atoms with Crippen molar-refractivity contribution in [2.75, 3.05) is 26.2 Å². The van der Waals surface area contributed by atoms with Crippen molar-refractivity contribution in [3.63, 3.8) is 0 Å². The van der Waals surface area contributed by atoms with Gasteiger partial charge in [0, 0.05) is 19.6 Å². The first kappa shape index (κ1) is 19.4. The quantitative estimate of drug-likeness (QED) is 0.712. The van der Waals surface area contributed by atoms with Gasteiger partial charge in [0.05, 0.1) is 18.6 Å². The van der Waals surface area contributed by atoms with Crippen molar-refractivity contribution in [2.45, 2.75) is 39.3 Å². The minimum Gasteiger partial charge on any atom is -0.346 e. The number of amides is 2. The van der Waals surface area contributed by atoms with E-state index in [2.05, 4.69) is 41.8 Å². The van der Waals surface area contributed by atoms with Crippen LogP contribution in [0.3, 0.4) is 0 Å². The van der Waals surface area contributed by atoms with Crippen LogP contribution in [0.2, 0.25) is 0 Å². The molecule has 2 amide bonds. The van der Waals surface area contributed by atoms with E-state index in [1.54, 1.807) is 0 Å². The molecule has 1 aromatic rings. The van der Waals surface area contributed by atoms with E-state index in [0.29, 0.717) is 6.54 Å². The molecule has 1 aliphatic rings. The number of carbonyl (C=O) groups excluding carboxylic acids is 2. The summed E-state index contributed by atoms with van der Waals surface area (Å²) < 4.78 is 0. The van der Waals surface area contributed by atoms with Gasteiger partial charge in [0.15, 0.2) is 0 Å². The minimum atomic E-state index is -0.590. The molecule has 6 heteroatoms. The van der Waals surface area contributed by atoms with E-state index in [0.717, 1.165) is 25.1 Å². The van der Waals surface area contributed by atoms with Gasteiger partial charge in [0.2, 0.25) is 11.8 Å². The fourth-order valence-corrected chi connectivity index (χ4v) is 2.96. The molecule has 0 aromatic heterocycles. The number of carbonyl (C=O) groups is 2. The summed E-state index contributed by atoms with van der Waals surface area (Å²) >= 11 is 0. The Labute approximate surface area is 150 Å². The van der Waals surface area contributed by atoms with Gasteiger partial charge in [0.25, 0.3) is 0 Å². The van der Waals surface area contributed by atoms with E-state index in [9.17, 15) is 9.59 Å². The monoisotopic (exact) mass is 346 g/mol. The molecule has 6 nitrogen and oxygen atoms in total. The highest BCUT2D eigenvalue weighted by atomic mass is 16.2. The third-order valence-corrected chi connectivity index (χ3v) is 4.77. The van der Waals surface area contributed by atoms with Crippen LogP contribution in [0.4, 0.5) is 0 Å². The van der Waals surface area contributed by atoms with E-state index >= 15 is 0 Å². The highest BCUT2D eigenvalue weighted by Crippen LogP contribution is 2.22.